The van der Waals surface area contributed by atoms with Crippen molar-refractivity contribution in [1.82, 2.24) is 14.7 Å². The Labute approximate surface area is 140 Å². The van der Waals surface area contributed by atoms with Crippen LogP contribution in [0.5, 0.6) is 0 Å². The van der Waals surface area contributed by atoms with Crippen molar-refractivity contribution in [3.8, 4) is 0 Å². The molecule has 0 aliphatic carbocycles. The number of aliphatic hydroxyl groups is 1. The second kappa shape index (κ2) is 7.19. The molecule has 1 N–H and O–H groups in total. The first-order valence-corrected chi connectivity index (χ1v) is 9.15. The van der Waals surface area contributed by atoms with Crippen LogP contribution in [0, 0.1) is 0 Å². The van der Waals surface area contributed by atoms with Crippen molar-refractivity contribution in [3.63, 3.8) is 0 Å². The highest BCUT2D eigenvalue weighted by Crippen LogP contribution is 2.23. The molecule has 0 bridgehead atoms. The Morgan fingerprint density at radius 1 is 1.35 bits per heavy atom. The van der Waals surface area contributed by atoms with Gasteiger partial charge < -0.3 is 10.0 Å². The number of thioether (sulfide) groups is 1. The molecular formula is C17H21N3O2S. The largest absolute Gasteiger partial charge is 0.382 e. The molecule has 0 spiro atoms. The maximum Gasteiger partial charge on any atom is 0.232 e. The monoisotopic (exact) mass is 331 g/mol. The first-order chi connectivity index (χ1) is 11.2. The minimum atomic E-state index is -0.731. The highest BCUT2D eigenvalue weighted by atomic mass is 32.2. The summed E-state index contributed by atoms with van der Waals surface area (Å²) in [5, 5.41) is 15.1. The lowest BCUT2D eigenvalue weighted by Gasteiger charge is -2.19. The number of aromatic nitrogens is 2. The fourth-order valence-corrected chi connectivity index (χ4v) is 3.28. The molecule has 1 aromatic carbocycles. The molecule has 0 fully saturated rings. The number of rotatable bonds is 4. The minimum absolute atomic E-state index is 0.164. The molecule has 1 aromatic heterocycles. The molecule has 23 heavy (non-hydrogen) atoms. The van der Waals surface area contributed by atoms with Crippen LogP contribution in [0.2, 0.25) is 0 Å². The number of aliphatic hydroxyl groups excluding tert-OH is 1. The van der Waals surface area contributed by atoms with Crippen LogP contribution in [0.1, 0.15) is 29.5 Å². The Bertz CT molecular complexity index is 672. The second-order valence-electron chi connectivity index (χ2n) is 5.70. The molecule has 1 atom stereocenters. The number of carbonyl (C=O) groups is 1. The Kier molecular flexibility index (Phi) is 5.03. The van der Waals surface area contributed by atoms with E-state index in [2.05, 4.69) is 5.10 Å². The van der Waals surface area contributed by atoms with E-state index in [1.807, 2.05) is 52.2 Å². The Hall–Kier alpha value is -1.79. The van der Waals surface area contributed by atoms with Crippen molar-refractivity contribution in [2.24, 2.45) is 0 Å². The third-order valence-corrected chi connectivity index (χ3v) is 4.58. The van der Waals surface area contributed by atoms with Crippen LogP contribution < -0.4 is 0 Å². The number of hydrogen-bond donors (Lipinski definition) is 1. The van der Waals surface area contributed by atoms with Crippen molar-refractivity contribution < 1.29 is 9.90 Å². The zero-order valence-electron chi connectivity index (χ0n) is 13.2. The van der Waals surface area contributed by atoms with E-state index in [1.54, 1.807) is 11.8 Å². The Morgan fingerprint density at radius 2 is 2.13 bits per heavy atom. The summed E-state index contributed by atoms with van der Waals surface area (Å²) >= 11 is 1.55. The average Bonchev–Trinajstić information content (AvgIpc) is 2.86. The lowest BCUT2D eigenvalue weighted by atomic mass is 10.1. The number of benzene rings is 1. The van der Waals surface area contributed by atoms with Gasteiger partial charge in [0.15, 0.2) is 0 Å². The smallest absolute Gasteiger partial charge is 0.232 e. The molecule has 0 saturated carbocycles. The third-order valence-electron chi connectivity index (χ3n) is 4.05. The SMILES string of the molecule is CSCC(=O)N1CCCn2nc([C@@H](O)c3ccccc3)cc2C1. The van der Waals surface area contributed by atoms with Gasteiger partial charge in [0.05, 0.1) is 23.7 Å². The van der Waals surface area contributed by atoms with E-state index in [0.717, 1.165) is 30.8 Å². The quantitative estimate of drug-likeness (QED) is 0.932. The Morgan fingerprint density at radius 3 is 2.87 bits per heavy atom. The van der Waals surface area contributed by atoms with Gasteiger partial charge in [-0.2, -0.15) is 16.9 Å². The number of aryl methyl sites for hydroxylation is 1. The summed E-state index contributed by atoms with van der Waals surface area (Å²) in [4.78, 5) is 14.0. The van der Waals surface area contributed by atoms with Crippen LogP contribution in [-0.2, 0) is 17.9 Å². The maximum absolute atomic E-state index is 12.1. The standard InChI is InChI=1S/C17H21N3O2S/c1-23-12-16(21)19-8-5-9-20-14(11-19)10-15(18-20)17(22)13-6-3-2-4-7-13/h2-4,6-7,10,17,22H,5,8-9,11-12H2,1H3/t17-/m0/s1. The number of nitrogens with zero attached hydrogens (tertiary/aromatic N) is 3. The Balaban J connectivity index is 1.81. The third kappa shape index (κ3) is 3.59. The summed E-state index contributed by atoms with van der Waals surface area (Å²) in [5.41, 5.74) is 2.46. The first kappa shape index (κ1) is 16.1. The molecule has 2 heterocycles. The van der Waals surface area contributed by atoms with E-state index < -0.39 is 6.10 Å². The van der Waals surface area contributed by atoms with Gasteiger partial charge in [0.1, 0.15) is 6.10 Å². The van der Waals surface area contributed by atoms with Gasteiger partial charge in [-0.25, -0.2) is 0 Å². The van der Waals surface area contributed by atoms with Crippen LogP contribution in [0.3, 0.4) is 0 Å². The van der Waals surface area contributed by atoms with E-state index >= 15 is 0 Å². The van der Waals surface area contributed by atoms with Gasteiger partial charge in [-0.1, -0.05) is 30.3 Å². The summed E-state index contributed by atoms with van der Waals surface area (Å²) in [6.07, 6.45) is 2.09. The number of fused-ring (bicyclic) bond motifs is 1. The fourth-order valence-electron chi connectivity index (χ4n) is 2.85. The molecule has 5 nitrogen and oxygen atoms in total. The predicted octanol–water partition coefficient (Wildman–Crippen LogP) is 2.06. The molecule has 1 aliphatic rings. The molecule has 0 radical (unpaired) electrons. The lowest BCUT2D eigenvalue weighted by Crippen LogP contribution is -2.32. The molecule has 6 heteroatoms. The summed E-state index contributed by atoms with van der Waals surface area (Å²) < 4.78 is 1.92. The summed E-state index contributed by atoms with van der Waals surface area (Å²) in [7, 11) is 0. The van der Waals surface area contributed by atoms with Gasteiger partial charge in [0.25, 0.3) is 0 Å². The van der Waals surface area contributed by atoms with Gasteiger partial charge >= 0.3 is 0 Å². The van der Waals surface area contributed by atoms with Crippen molar-refractivity contribution in [1.29, 1.82) is 0 Å². The maximum atomic E-state index is 12.1. The number of carbonyl (C=O) groups excluding carboxylic acids is 1. The van der Waals surface area contributed by atoms with Crippen LogP contribution in [0.15, 0.2) is 36.4 Å². The van der Waals surface area contributed by atoms with E-state index in [4.69, 9.17) is 0 Å². The molecule has 0 unspecified atom stereocenters. The van der Waals surface area contributed by atoms with Crippen LogP contribution in [0.4, 0.5) is 0 Å². The molecule has 1 aliphatic heterocycles. The van der Waals surface area contributed by atoms with Crippen molar-refractivity contribution in [2.45, 2.75) is 25.6 Å². The highest BCUT2D eigenvalue weighted by Gasteiger charge is 2.22. The van der Waals surface area contributed by atoms with Gasteiger partial charge in [0, 0.05) is 13.1 Å². The normalized spacial score (nSPS) is 15.8. The van der Waals surface area contributed by atoms with Crippen LogP contribution >= 0.6 is 11.8 Å². The van der Waals surface area contributed by atoms with Crippen molar-refractivity contribution in [2.75, 3.05) is 18.6 Å². The zero-order chi connectivity index (χ0) is 16.2. The summed E-state index contributed by atoms with van der Waals surface area (Å²) in [6.45, 7) is 2.10. The van der Waals surface area contributed by atoms with E-state index in [9.17, 15) is 9.90 Å². The second-order valence-corrected chi connectivity index (χ2v) is 6.56. The molecule has 122 valence electrons. The highest BCUT2D eigenvalue weighted by molar-refractivity contribution is 7.99. The number of amides is 1. The summed E-state index contributed by atoms with van der Waals surface area (Å²) in [5.74, 6) is 0.672. The molecule has 2 aromatic rings. The van der Waals surface area contributed by atoms with Gasteiger partial charge in [0.2, 0.25) is 5.91 Å². The van der Waals surface area contributed by atoms with Gasteiger partial charge in [-0.15, -0.1) is 0 Å². The van der Waals surface area contributed by atoms with Crippen molar-refractivity contribution >= 4 is 17.7 Å². The van der Waals surface area contributed by atoms with Gasteiger partial charge in [-0.3, -0.25) is 9.48 Å². The van der Waals surface area contributed by atoms with E-state index in [1.165, 1.54) is 0 Å². The van der Waals surface area contributed by atoms with E-state index in [-0.39, 0.29) is 5.91 Å². The molecule has 3 rings (SSSR count). The van der Waals surface area contributed by atoms with Crippen molar-refractivity contribution in [3.05, 3.63) is 53.3 Å². The lowest BCUT2D eigenvalue weighted by molar-refractivity contribution is -0.128. The van der Waals surface area contributed by atoms with Crippen LogP contribution in [-0.4, -0.2) is 44.2 Å². The predicted molar refractivity (Wildman–Crippen MR) is 91.1 cm³/mol. The summed E-state index contributed by atoms with van der Waals surface area (Å²) in [6, 6.07) is 11.4. The zero-order valence-corrected chi connectivity index (χ0v) is 14.0. The van der Waals surface area contributed by atoms with Gasteiger partial charge in [-0.05, 0) is 24.3 Å². The minimum Gasteiger partial charge on any atom is -0.382 e. The number of hydrogen-bond acceptors (Lipinski definition) is 4. The van der Waals surface area contributed by atoms with Crippen LogP contribution in [0.25, 0.3) is 0 Å². The topological polar surface area (TPSA) is 58.4 Å². The molecule has 0 saturated heterocycles. The van der Waals surface area contributed by atoms with E-state index in [0.29, 0.717) is 18.0 Å². The first-order valence-electron chi connectivity index (χ1n) is 7.75. The molecular weight excluding hydrogens is 310 g/mol. The fraction of sp³-hybridized carbons (Fsp3) is 0.412. The average molecular weight is 331 g/mol. The molecule has 1 amide bonds.